The van der Waals surface area contributed by atoms with E-state index in [4.69, 9.17) is 4.52 Å². The molecule has 0 unspecified atom stereocenters. The molecule has 0 radical (unpaired) electrons. The maximum absolute atomic E-state index is 13.0. The Labute approximate surface area is 178 Å². The number of hydrogen-bond donors (Lipinski definition) is 0. The number of sulfonamides is 1. The second-order valence-electron chi connectivity index (χ2n) is 7.90. The molecule has 0 bridgehead atoms. The van der Waals surface area contributed by atoms with Gasteiger partial charge in [0, 0.05) is 24.6 Å². The fourth-order valence-corrected chi connectivity index (χ4v) is 5.30. The summed E-state index contributed by atoms with van der Waals surface area (Å²) in [5, 5.41) is 4.16. The van der Waals surface area contributed by atoms with Gasteiger partial charge in [-0.3, -0.25) is 0 Å². The summed E-state index contributed by atoms with van der Waals surface area (Å²) in [6.45, 7) is 5.06. The van der Waals surface area contributed by atoms with Gasteiger partial charge in [0.25, 0.3) is 5.89 Å². The van der Waals surface area contributed by atoms with Gasteiger partial charge in [-0.05, 0) is 56.0 Å². The molecule has 30 heavy (non-hydrogen) atoms. The van der Waals surface area contributed by atoms with Crippen molar-refractivity contribution in [2.45, 2.75) is 50.3 Å². The maximum Gasteiger partial charge on any atom is 0.257 e. The quantitative estimate of drug-likeness (QED) is 0.578. The molecular weight excluding hydrogens is 398 g/mol. The van der Waals surface area contributed by atoms with E-state index in [-0.39, 0.29) is 5.92 Å². The van der Waals surface area contributed by atoms with E-state index >= 15 is 0 Å². The summed E-state index contributed by atoms with van der Waals surface area (Å²) >= 11 is 0. The van der Waals surface area contributed by atoms with Crippen molar-refractivity contribution in [1.82, 2.24) is 14.4 Å². The number of piperidine rings is 1. The molecule has 1 aliphatic rings. The summed E-state index contributed by atoms with van der Waals surface area (Å²) < 4.78 is 33.0. The van der Waals surface area contributed by atoms with Crippen LogP contribution in [0, 0.1) is 6.92 Å². The number of aromatic nitrogens is 2. The van der Waals surface area contributed by atoms with Crippen LogP contribution in [0.5, 0.6) is 0 Å². The topological polar surface area (TPSA) is 76.3 Å². The van der Waals surface area contributed by atoms with Crippen LogP contribution >= 0.6 is 0 Å². The van der Waals surface area contributed by atoms with Gasteiger partial charge in [-0.1, -0.05) is 48.3 Å². The zero-order chi connectivity index (χ0) is 21.1. The van der Waals surface area contributed by atoms with Crippen LogP contribution in [0.3, 0.4) is 0 Å². The highest BCUT2D eigenvalue weighted by Crippen LogP contribution is 2.30. The largest absolute Gasteiger partial charge is 0.334 e. The highest BCUT2D eigenvalue weighted by molar-refractivity contribution is 7.89. The Morgan fingerprint density at radius 1 is 1.03 bits per heavy atom. The van der Waals surface area contributed by atoms with E-state index in [0.29, 0.717) is 42.5 Å². The van der Waals surface area contributed by atoms with Crippen LogP contribution < -0.4 is 0 Å². The van der Waals surface area contributed by atoms with Crippen LogP contribution in [0.2, 0.25) is 0 Å². The van der Waals surface area contributed by atoms with Crippen molar-refractivity contribution < 1.29 is 12.9 Å². The number of hydrogen-bond acceptors (Lipinski definition) is 5. The summed E-state index contributed by atoms with van der Waals surface area (Å²) in [6, 6.07) is 15.2. The minimum Gasteiger partial charge on any atom is -0.334 e. The highest BCUT2D eigenvalue weighted by atomic mass is 32.2. The zero-order valence-electron chi connectivity index (χ0n) is 17.4. The van der Waals surface area contributed by atoms with Crippen molar-refractivity contribution in [1.29, 1.82) is 0 Å². The summed E-state index contributed by atoms with van der Waals surface area (Å²) in [6.07, 6.45) is 3.36. The molecule has 1 aliphatic heterocycles. The molecule has 0 saturated carbocycles. The molecule has 0 N–H and O–H groups in total. The van der Waals surface area contributed by atoms with E-state index in [1.807, 2.05) is 43.3 Å². The molecule has 6 nitrogen and oxygen atoms in total. The lowest BCUT2D eigenvalue weighted by Crippen LogP contribution is -2.38. The van der Waals surface area contributed by atoms with Crippen molar-refractivity contribution in [2.24, 2.45) is 0 Å². The minimum absolute atomic E-state index is 0.103. The Morgan fingerprint density at radius 3 is 2.33 bits per heavy atom. The molecule has 0 aliphatic carbocycles. The first-order valence-electron chi connectivity index (χ1n) is 10.5. The van der Waals surface area contributed by atoms with E-state index < -0.39 is 10.0 Å². The molecule has 0 amide bonds. The standard InChI is InChI=1S/C23H27N3O3S/c1-3-4-18-7-11-21(12-8-18)30(27,28)26-15-13-19(14-16-26)22-24-23(29-25-22)20-9-5-17(2)6-10-20/h5-12,19H,3-4,13-16H2,1-2H3. The fourth-order valence-electron chi connectivity index (χ4n) is 3.83. The van der Waals surface area contributed by atoms with Crippen LogP contribution in [-0.2, 0) is 16.4 Å². The van der Waals surface area contributed by atoms with E-state index in [1.165, 1.54) is 5.56 Å². The Kier molecular flexibility index (Phi) is 6.01. The first-order valence-corrected chi connectivity index (χ1v) is 11.9. The van der Waals surface area contributed by atoms with Gasteiger partial charge in [-0.15, -0.1) is 0 Å². The SMILES string of the molecule is CCCc1ccc(S(=O)(=O)N2CCC(c3noc(-c4ccc(C)cc4)n3)CC2)cc1. The number of rotatable bonds is 6. The molecule has 4 rings (SSSR count). The first kappa shape index (κ1) is 20.8. The molecular formula is C23H27N3O3S. The fraction of sp³-hybridized carbons (Fsp3) is 0.391. The third kappa shape index (κ3) is 4.32. The van der Waals surface area contributed by atoms with Gasteiger partial charge in [0.1, 0.15) is 0 Å². The summed E-state index contributed by atoms with van der Waals surface area (Å²) in [5.74, 6) is 1.27. The number of benzene rings is 2. The maximum atomic E-state index is 13.0. The number of nitrogens with zero attached hydrogens (tertiary/aromatic N) is 3. The van der Waals surface area contributed by atoms with Gasteiger partial charge in [-0.25, -0.2) is 8.42 Å². The van der Waals surface area contributed by atoms with Crippen LogP contribution in [0.15, 0.2) is 57.9 Å². The molecule has 0 atom stereocenters. The van der Waals surface area contributed by atoms with Crippen molar-refractivity contribution in [3.63, 3.8) is 0 Å². The Morgan fingerprint density at radius 2 is 1.70 bits per heavy atom. The van der Waals surface area contributed by atoms with Crippen LogP contribution in [0.4, 0.5) is 0 Å². The second kappa shape index (κ2) is 8.70. The van der Waals surface area contributed by atoms with Gasteiger partial charge in [0.05, 0.1) is 4.90 Å². The normalized spacial score (nSPS) is 16.1. The zero-order valence-corrected chi connectivity index (χ0v) is 18.2. The van der Waals surface area contributed by atoms with Crippen molar-refractivity contribution in [3.05, 3.63) is 65.5 Å². The molecule has 1 aromatic heterocycles. The predicted molar refractivity (Wildman–Crippen MR) is 116 cm³/mol. The first-order chi connectivity index (χ1) is 14.5. The van der Waals surface area contributed by atoms with Gasteiger partial charge in [-0.2, -0.15) is 9.29 Å². The molecule has 158 valence electrons. The van der Waals surface area contributed by atoms with Gasteiger partial charge in [0.2, 0.25) is 10.0 Å². The molecule has 0 spiro atoms. The third-order valence-corrected chi connectivity index (χ3v) is 7.57. The Hall–Kier alpha value is -2.51. The summed E-state index contributed by atoms with van der Waals surface area (Å²) in [5.41, 5.74) is 3.23. The smallest absolute Gasteiger partial charge is 0.257 e. The van der Waals surface area contributed by atoms with E-state index in [9.17, 15) is 8.42 Å². The molecule has 3 aromatic rings. The highest BCUT2D eigenvalue weighted by Gasteiger charge is 2.31. The van der Waals surface area contributed by atoms with Gasteiger partial charge in [0.15, 0.2) is 5.82 Å². The molecule has 2 heterocycles. The molecule has 7 heteroatoms. The monoisotopic (exact) mass is 425 g/mol. The Bertz CT molecular complexity index is 1080. The van der Waals surface area contributed by atoms with Crippen molar-refractivity contribution >= 4 is 10.0 Å². The summed E-state index contributed by atoms with van der Waals surface area (Å²) in [4.78, 5) is 4.92. The van der Waals surface area contributed by atoms with Crippen molar-refractivity contribution in [2.75, 3.05) is 13.1 Å². The average molecular weight is 426 g/mol. The minimum atomic E-state index is -3.47. The summed E-state index contributed by atoms with van der Waals surface area (Å²) in [7, 11) is -3.47. The average Bonchev–Trinajstić information content (AvgIpc) is 3.25. The lowest BCUT2D eigenvalue weighted by Gasteiger charge is -2.29. The third-order valence-electron chi connectivity index (χ3n) is 5.66. The lowest BCUT2D eigenvalue weighted by molar-refractivity contribution is 0.307. The van der Waals surface area contributed by atoms with Gasteiger partial charge >= 0.3 is 0 Å². The number of aryl methyl sites for hydroxylation is 2. The van der Waals surface area contributed by atoms with E-state index in [0.717, 1.165) is 24.0 Å². The van der Waals surface area contributed by atoms with E-state index in [1.54, 1.807) is 16.4 Å². The van der Waals surface area contributed by atoms with Crippen LogP contribution in [0.25, 0.3) is 11.5 Å². The second-order valence-corrected chi connectivity index (χ2v) is 9.83. The van der Waals surface area contributed by atoms with Crippen LogP contribution in [0.1, 0.15) is 49.1 Å². The van der Waals surface area contributed by atoms with E-state index in [2.05, 4.69) is 17.1 Å². The lowest BCUT2D eigenvalue weighted by atomic mass is 9.97. The molecule has 1 saturated heterocycles. The van der Waals surface area contributed by atoms with Crippen molar-refractivity contribution in [3.8, 4) is 11.5 Å². The molecule has 2 aromatic carbocycles. The predicted octanol–water partition coefficient (Wildman–Crippen LogP) is 4.57. The van der Waals surface area contributed by atoms with Crippen LogP contribution in [-0.4, -0.2) is 36.0 Å². The molecule has 1 fully saturated rings. The van der Waals surface area contributed by atoms with Gasteiger partial charge < -0.3 is 4.52 Å². The Balaban J connectivity index is 1.41.